The molecule has 2 aromatic rings. The molecule has 11 nitrogen and oxygen atoms in total. The molecular weight excluding hydrogens is 452 g/mol. The first-order valence-electron chi connectivity index (χ1n) is 11.0. The highest BCUT2D eigenvalue weighted by Gasteiger charge is 2.43. The van der Waals surface area contributed by atoms with Gasteiger partial charge in [0.05, 0.1) is 30.3 Å². The molecule has 0 radical (unpaired) electrons. The summed E-state index contributed by atoms with van der Waals surface area (Å²) in [6.07, 6.45) is 1.57. The van der Waals surface area contributed by atoms with Gasteiger partial charge < -0.3 is 18.7 Å². The number of carbonyl (C=O) groups excluding carboxylic acids is 1. The molecular formula is C21H26N4O7S. The molecule has 1 amide bonds. The summed E-state index contributed by atoms with van der Waals surface area (Å²) in [6.45, 7) is 5.20. The molecule has 1 spiro atoms. The van der Waals surface area contributed by atoms with Gasteiger partial charge >= 0.3 is 0 Å². The molecule has 0 N–H and O–H groups in total. The van der Waals surface area contributed by atoms with Crippen molar-refractivity contribution >= 4 is 21.6 Å². The van der Waals surface area contributed by atoms with Gasteiger partial charge in [-0.1, -0.05) is 12.1 Å². The minimum Gasteiger partial charge on any atom is -0.482 e. The van der Waals surface area contributed by atoms with Crippen molar-refractivity contribution in [3.8, 4) is 5.75 Å². The SMILES string of the molecule is CCc1nc(CN2C(=O)COc3cc(S(=O)(=O)N4CCC5(CC4)OCCO5)c(C)cc32)no1. The highest BCUT2D eigenvalue weighted by molar-refractivity contribution is 7.89. The molecule has 5 rings (SSSR count). The number of nitrogens with zero attached hydrogens (tertiary/aromatic N) is 4. The lowest BCUT2D eigenvalue weighted by Gasteiger charge is -2.37. The molecule has 0 aliphatic carbocycles. The maximum absolute atomic E-state index is 13.4. The first kappa shape index (κ1) is 22.3. The molecule has 12 heteroatoms. The summed E-state index contributed by atoms with van der Waals surface area (Å²) in [5, 5.41) is 3.92. The van der Waals surface area contributed by atoms with Gasteiger partial charge in [0.2, 0.25) is 15.9 Å². The van der Waals surface area contributed by atoms with E-state index in [-0.39, 0.29) is 24.0 Å². The van der Waals surface area contributed by atoms with Crippen molar-refractivity contribution in [1.29, 1.82) is 0 Å². The Hall–Kier alpha value is -2.54. The van der Waals surface area contributed by atoms with Crippen molar-refractivity contribution in [3.05, 3.63) is 29.4 Å². The lowest BCUT2D eigenvalue weighted by atomic mass is 10.1. The molecule has 0 unspecified atom stereocenters. The van der Waals surface area contributed by atoms with Gasteiger partial charge in [-0.15, -0.1) is 0 Å². The van der Waals surface area contributed by atoms with Crippen LogP contribution in [0.4, 0.5) is 5.69 Å². The third-order valence-electron chi connectivity index (χ3n) is 6.23. The van der Waals surface area contributed by atoms with Crippen LogP contribution in [0.15, 0.2) is 21.6 Å². The van der Waals surface area contributed by atoms with Gasteiger partial charge in [-0.2, -0.15) is 9.29 Å². The highest BCUT2D eigenvalue weighted by atomic mass is 32.2. The summed E-state index contributed by atoms with van der Waals surface area (Å²) in [4.78, 5) is 18.5. The Labute approximate surface area is 191 Å². The smallest absolute Gasteiger partial charge is 0.265 e. The number of piperidine rings is 1. The van der Waals surface area contributed by atoms with E-state index in [2.05, 4.69) is 10.1 Å². The second-order valence-corrected chi connectivity index (χ2v) is 10.2. The van der Waals surface area contributed by atoms with E-state index >= 15 is 0 Å². The summed E-state index contributed by atoms with van der Waals surface area (Å²) in [7, 11) is -3.76. The molecule has 178 valence electrons. The molecule has 3 aliphatic rings. The zero-order valence-electron chi connectivity index (χ0n) is 18.6. The van der Waals surface area contributed by atoms with Gasteiger partial charge in [-0.3, -0.25) is 9.69 Å². The number of fused-ring (bicyclic) bond motifs is 1. The lowest BCUT2D eigenvalue weighted by Crippen LogP contribution is -2.47. The molecule has 4 heterocycles. The predicted molar refractivity (Wildman–Crippen MR) is 114 cm³/mol. The van der Waals surface area contributed by atoms with E-state index in [1.165, 1.54) is 15.3 Å². The van der Waals surface area contributed by atoms with E-state index in [9.17, 15) is 13.2 Å². The number of amides is 1. The minimum atomic E-state index is -3.76. The number of ether oxygens (including phenoxy) is 3. The fourth-order valence-corrected chi connectivity index (χ4v) is 6.08. The van der Waals surface area contributed by atoms with Crippen LogP contribution in [0, 0.1) is 6.92 Å². The Morgan fingerprint density at radius 3 is 2.55 bits per heavy atom. The van der Waals surface area contributed by atoms with Crippen molar-refractivity contribution in [2.24, 2.45) is 0 Å². The molecule has 1 aromatic carbocycles. The summed E-state index contributed by atoms with van der Waals surface area (Å²) >= 11 is 0. The van der Waals surface area contributed by atoms with Crippen LogP contribution in [-0.4, -0.2) is 67.5 Å². The van der Waals surface area contributed by atoms with Gasteiger partial charge in [0.1, 0.15) is 5.75 Å². The number of carbonyl (C=O) groups is 1. The third kappa shape index (κ3) is 4.01. The topological polar surface area (TPSA) is 124 Å². The van der Waals surface area contributed by atoms with Crippen LogP contribution < -0.4 is 9.64 Å². The average molecular weight is 479 g/mol. The number of aryl methyl sites for hydroxylation is 2. The maximum atomic E-state index is 13.4. The van der Waals surface area contributed by atoms with Crippen LogP contribution in [-0.2, 0) is 37.3 Å². The van der Waals surface area contributed by atoms with Gasteiger partial charge in [0.25, 0.3) is 5.91 Å². The highest BCUT2D eigenvalue weighted by Crippen LogP contribution is 2.39. The average Bonchev–Trinajstić information content (AvgIpc) is 3.45. The molecule has 0 bridgehead atoms. The molecule has 2 fully saturated rings. The number of sulfonamides is 1. The van der Waals surface area contributed by atoms with E-state index in [1.807, 2.05) is 6.92 Å². The Kier molecular flexibility index (Phi) is 5.63. The molecule has 1 aromatic heterocycles. The Morgan fingerprint density at radius 2 is 1.88 bits per heavy atom. The quantitative estimate of drug-likeness (QED) is 0.627. The van der Waals surface area contributed by atoms with Crippen LogP contribution in [0.25, 0.3) is 0 Å². The third-order valence-corrected chi connectivity index (χ3v) is 8.27. The second kappa shape index (κ2) is 8.35. The van der Waals surface area contributed by atoms with Gasteiger partial charge in [-0.05, 0) is 18.6 Å². The number of hydrogen-bond donors (Lipinski definition) is 0. The number of rotatable bonds is 5. The van der Waals surface area contributed by atoms with Crippen molar-refractivity contribution < 1.29 is 31.9 Å². The van der Waals surface area contributed by atoms with Gasteiger partial charge in [0.15, 0.2) is 18.2 Å². The van der Waals surface area contributed by atoms with Crippen LogP contribution in [0.2, 0.25) is 0 Å². The standard InChI is InChI=1S/C21H26N4O7S/c1-3-19-22-18(23-32-19)12-25-15-10-14(2)17(11-16(15)29-13-20(25)26)33(27,28)24-6-4-21(5-7-24)30-8-9-31-21/h10-11H,3-9,12-13H2,1-2H3. The molecule has 33 heavy (non-hydrogen) atoms. The van der Waals surface area contributed by atoms with E-state index in [4.69, 9.17) is 18.7 Å². The molecule has 2 saturated heterocycles. The van der Waals surface area contributed by atoms with Crippen LogP contribution >= 0.6 is 0 Å². The van der Waals surface area contributed by atoms with Crippen molar-refractivity contribution in [3.63, 3.8) is 0 Å². The monoisotopic (exact) mass is 478 g/mol. The number of benzene rings is 1. The van der Waals surface area contributed by atoms with Gasteiger partial charge in [0, 0.05) is 38.4 Å². The fourth-order valence-electron chi connectivity index (χ4n) is 4.42. The summed E-state index contributed by atoms with van der Waals surface area (Å²) in [5.41, 5.74) is 1.00. The number of aromatic nitrogens is 2. The summed E-state index contributed by atoms with van der Waals surface area (Å²) < 4.78 is 50.5. The first-order valence-corrected chi connectivity index (χ1v) is 12.4. The maximum Gasteiger partial charge on any atom is 0.265 e. The van der Waals surface area contributed by atoms with E-state index in [0.717, 1.165) is 0 Å². The number of anilines is 1. The second-order valence-electron chi connectivity index (χ2n) is 8.32. The molecule has 3 aliphatic heterocycles. The molecule has 0 saturated carbocycles. The summed E-state index contributed by atoms with van der Waals surface area (Å²) in [6, 6.07) is 3.16. The van der Waals surface area contributed by atoms with E-state index < -0.39 is 15.8 Å². The van der Waals surface area contributed by atoms with Crippen molar-refractivity contribution in [1.82, 2.24) is 14.4 Å². The Balaban J connectivity index is 1.41. The predicted octanol–water partition coefficient (Wildman–Crippen LogP) is 1.39. The van der Waals surface area contributed by atoms with E-state index in [1.54, 1.807) is 13.0 Å². The normalized spacial score (nSPS) is 20.8. The van der Waals surface area contributed by atoms with Crippen LogP contribution in [0.5, 0.6) is 5.75 Å². The van der Waals surface area contributed by atoms with Gasteiger partial charge in [-0.25, -0.2) is 8.42 Å². The van der Waals surface area contributed by atoms with Crippen LogP contribution in [0.3, 0.4) is 0 Å². The first-order chi connectivity index (χ1) is 15.8. The Bertz CT molecular complexity index is 1160. The zero-order chi connectivity index (χ0) is 23.2. The minimum absolute atomic E-state index is 0.110. The largest absolute Gasteiger partial charge is 0.482 e. The molecule has 0 atom stereocenters. The Morgan fingerprint density at radius 1 is 1.15 bits per heavy atom. The van der Waals surface area contributed by atoms with Crippen molar-refractivity contribution in [2.75, 3.05) is 37.8 Å². The van der Waals surface area contributed by atoms with E-state index in [0.29, 0.717) is 74.3 Å². The van der Waals surface area contributed by atoms with Crippen molar-refractivity contribution in [2.45, 2.75) is 50.3 Å². The van der Waals surface area contributed by atoms with Crippen LogP contribution in [0.1, 0.15) is 37.0 Å². The summed E-state index contributed by atoms with van der Waals surface area (Å²) in [5.74, 6) is 0.265. The zero-order valence-corrected chi connectivity index (χ0v) is 19.4. The lowest BCUT2D eigenvalue weighted by molar-refractivity contribution is -0.179. The number of hydrogen-bond acceptors (Lipinski definition) is 9. The fraction of sp³-hybridized carbons (Fsp3) is 0.571.